The number of fused-ring (bicyclic) bond motifs is 1. The lowest BCUT2D eigenvalue weighted by Crippen LogP contribution is -2.41. The second kappa shape index (κ2) is 10.5. The molecule has 3 amide bonds. The lowest BCUT2D eigenvalue weighted by Gasteiger charge is -2.27. The van der Waals surface area contributed by atoms with Gasteiger partial charge in [0.05, 0.1) is 13.2 Å². The van der Waals surface area contributed by atoms with Crippen LogP contribution in [0.25, 0.3) is 10.9 Å². The molecule has 0 radical (unpaired) electrons. The predicted molar refractivity (Wildman–Crippen MR) is 137 cm³/mol. The van der Waals surface area contributed by atoms with Crippen LogP contribution >= 0.6 is 0 Å². The van der Waals surface area contributed by atoms with Crippen LogP contribution in [0.2, 0.25) is 0 Å². The molecular weight excluding hydrogens is 460 g/mol. The highest BCUT2D eigenvalue weighted by Gasteiger charge is 2.28. The number of hydrogen-bond donors (Lipinski definition) is 0. The Hall–Kier alpha value is -3.07. The monoisotopic (exact) mass is 498 g/mol. The molecule has 0 unspecified atom stereocenters. The maximum atomic E-state index is 13.4. The van der Waals surface area contributed by atoms with Crippen molar-refractivity contribution in [3.8, 4) is 0 Å². The van der Waals surface area contributed by atoms with E-state index in [2.05, 4.69) is 13.8 Å². The Morgan fingerprint density at radius 1 is 0.861 bits per heavy atom. The van der Waals surface area contributed by atoms with Crippen molar-refractivity contribution in [1.82, 2.24) is 19.3 Å². The van der Waals surface area contributed by atoms with Crippen LogP contribution in [0.5, 0.6) is 0 Å². The van der Waals surface area contributed by atoms with E-state index >= 15 is 0 Å². The fraction of sp³-hybridized carbons (Fsp3) is 0.593. The van der Waals surface area contributed by atoms with E-state index in [0.29, 0.717) is 70.2 Å². The maximum Gasteiger partial charge on any atom is 0.410 e. The first-order chi connectivity index (χ1) is 17.0. The second-order valence-corrected chi connectivity index (χ2v) is 10.8. The van der Waals surface area contributed by atoms with Crippen LogP contribution in [0.15, 0.2) is 24.3 Å². The van der Waals surface area contributed by atoms with Gasteiger partial charge in [-0.3, -0.25) is 9.59 Å². The number of nitrogens with zero attached hydrogens (tertiary/aromatic N) is 4. The third kappa shape index (κ3) is 5.67. The zero-order valence-electron chi connectivity index (χ0n) is 22.1. The molecule has 0 spiro atoms. The topological polar surface area (TPSA) is 84.3 Å². The van der Waals surface area contributed by atoms with Crippen LogP contribution in [0.4, 0.5) is 4.79 Å². The summed E-state index contributed by atoms with van der Waals surface area (Å²) in [5.74, 6) is -0.0767. The molecular formula is C27H38N4O5. The maximum absolute atomic E-state index is 13.4. The molecule has 0 aliphatic carbocycles. The van der Waals surface area contributed by atoms with Crippen LogP contribution in [0.3, 0.4) is 0 Å². The number of rotatable bonds is 3. The molecule has 2 aliphatic rings. The molecule has 1 aromatic heterocycles. The number of carbonyl (C=O) groups is 3. The smallest absolute Gasteiger partial charge is 0.410 e. The zero-order chi connectivity index (χ0) is 26.0. The lowest BCUT2D eigenvalue weighted by atomic mass is 10.1. The van der Waals surface area contributed by atoms with Crippen molar-refractivity contribution in [2.45, 2.75) is 52.7 Å². The summed E-state index contributed by atoms with van der Waals surface area (Å²) in [6, 6.07) is 7.64. The van der Waals surface area contributed by atoms with Gasteiger partial charge in [-0.05, 0) is 65.3 Å². The molecule has 3 heterocycles. The van der Waals surface area contributed by atoms with E-state index in [1.54, 1.807) is 9.80 Å². The molecule has 2 fully saturated rings. The fourth-order valence-electron chi connectivity index (χ4n) is 4.83. The average molecular weight is 499 g/mol. The van der Waals surface area contributed by atoms with Gasteiger partial charge in [0.1, 0.15) is 11.3 Å². The predicted octanol–water partition coefficient (Wildman–Crippen LogP) is 3.78. The molecule has 9 nitrogen and oxygen atoms in total. The van der Waals surface area contributed by atoms with Gasteiger partial charge in [0.25, 0.3) is 11.8 Å². The Bertz CT molecular complexity index is 1130. The minimum absolute atomic E-state index is 0.00849. The van der Waals surface area contributed by atoms with E-state index in [-0.39, 0.29) is 23.9 Å². The Morgan fingerprint density at radius 3 is 2.17 bits per heavy atom. The summed E-state index contributed by atoms with van der Waals surface area (Å²) in [4.78, 5) is 44.5. The van der Waals surface area contributed by atoms with Gasteiger partial charge in [0.2, 0.25) is 0 Å². The minimum atomic E-state index is -0.553. The standard InChI is InChI=1S/C27H38N4O5/c1-19(2)31-22-8-7-20(17-21(22)18-23(31)25(33)29-13-15-35-16-14-29)24(32)28-9-6-10-30(12-11-28)26(34)36-27(3,4)5/h7-8,17-19H,6,9-16H2,1-5H3. The molecule has 0 atom stereocenters. The third-order valence-corrected chi connectivity index (χ3v) is 6.55. The molecule has 0 N–H and O–H groups in total. The molecule has 2 saturated heterocycles. The lowest BCUT2D eigenvalue weighted by molar-refractivity contribution is 0.0255. The van der Waals surface area contributed by atoms with Crippen LogP contribution in [0, 0.1) is 0 Å². The van der Waals surface area contributed by atoms with Gasteiger partial charge < -0.3 is 28.7 Å². The fourth-order valence-corrected chi connectivity index (χ4v) is 4.83. The Kier molecular flexibility index (Phi) is 7.59. The van der Waals surface area contributed by atoms with E-state index in [1.165, 1.54) is 0 Å². The molecule has 2 aromatic rings. The van der Waals surface area contributed by atoms with Crippen molar-refractivity contribution >= 4 is 28.8 Å². The molecule has 0 bridgehead atoms. The van der Waals surface area contributed by atoms with Crippen molar-refractivity contribution in [2.24, 2.45) is 0 Å². The number of aromatic nitrogens is 1. The number of hydrogen-bond acceptors (Lipinski definition) is 5. The summed E-state index contributed by atoms with van der Waals surface area (Å²) in [5.41, 5.74) is 1.60. The third-order valence-electron chi connectivity index (χ3n) is 6.55. The summed E-state index contributed by atoms with van der Waals surface area (Å²) >= 11 is 0. The molecule has 2 aliphatic heterocycles. The van der Waals surface area contributed by atoms with Gasteiger partial charge in [0.15, 0.2) is 0 Å². The van der Waals surface area contributed by atoms with Crippen molar-refractivity contribution in [2.75, 3.05) is 52.5 Å². The molecule has 0 saturated carbocycles. The van der Waals surface area contributed by atoms with Crippen molar-refractivity contribution in [3.63, 3.8) is 0 Å². The summed E-state index contributed by atoms with van der Waals surface area (Å²) < 4.78 is 12.9. The van der Waals surface area contributed by atoms with Crippen LogP contribution in [-0.2, 0) is 9.47 Å². The quantitative estimate of drug-likeness (QED) is 0.643. The van der Waals surface area contributed by atoms with Crippen LogP contribution in [0.1, 0.15) is 67.9 Å². The molecule has 196 valence electrons. The highest BCUT2D eigenvalue weighted by molar-refractivity contribution is 6.02. The van der Waals surface area contributed by atoms with Crippen LogP contribution < -0.4 is 0 Å². The summed E-state index contributed by atoms with van der Waals surface area (Å²) in [6.07, 6.45) is 0.348. The normalized spacial score (nSPS) is 17.4. The van der Waals surface area contributed by atoms with Crippen molar-refractivity contribution in [1.29, 1.82) is 0 Å². The highest BCUT2D eigenvalue weighted by atomic mass is 16.6. The minimum Gasteiger partial charge on any atom is -0.444 e. The first-order valence-electron chi connectivity index (χ1n) is 12.8. The Morgan fingerprint density at radius 2 is 1.50 bits per heavy atom. The molecule has 4 rings (SSSR count). The number of benzene rings is 1. The van der Waals surface area contributed by atoms with Crippen molar-refractivity contribution < 1.29 is 23.9 Å². The van der Waals surface area contributed by atoms with Gasteiger partial charge in [-0.2, -0.15) is 0 Å². The second-order valence-electron chi connectivity index (χ2n) is 10.8. The number of amides is 3. The first kappa shape index (κ1) is 26.0. The molecule has 36 heavy (non-hydrogen) atoms. The van der Waals surface area contributed by atoms with Gasteiger partial charge in [-0.1, -0.05) is 0 Å². The highest BCUT2D eigenvalue weighted by Crippen LogP contribution is 2.27. The van der Waals surface area contributed by atoms with E-state index in [9.17, 15) is 14.4 Å². The average Bonchev–Trinajstić information content (AvgIpc) is 3.04. The van der Waals surface area contributed by atoms with Crippen molar-refractivity contribution in [3.05, 3.63) is 35.5 Å². The number of carbonyl (C=O) groups excluding carboxylic acids is 3. The summed E-state index contributed by atoms with van der Waals surface area (Å²) in [6.45, 7) is 13.9. The number of ether oxygens (including phenoxy) is 2. The van der Waals surface area contributed by atoms with Gasteiger partial charge in [0, 0.05) is 61.8 Å². The largest absolute Gasteiger partial charge is 0.444 e. The SMILES string of the molecule is CC(C)n1c(C(=O)N2CCOCC2)cc2cc(C(=O)N3CCCN(C(=O)OC(C)(C)C)CC3)ccc21. The van der Waals surface area contributed by atoms with E-state index in [0.717, 1.165) is 10.9 Å². The zero-order valence-corrected chi connectivity index (χ0v) is 22.1. The summed E-state index contributed by atoms with van der Waals surface area (Å²) in [5, 5.41) is 0.872. The molecule has 1 aromatic carbocycles. The Balaban J connectivity index is 1.53. The number of morpholine rings is 1. The Labute approximate surface area is 212 Å². The first-order valence-corrected chi connectivity index (χ1v) is 12.8. The van der Waals surface area contributed by atoms with Gasteiger partial charge in [-0.25, -0.2) is 4.79 Å². The van der Waals surface area contributed by atoms with Gasteiger partial charge in [-0.15, -0.1) is 0 Å². The van der Waals surface area contributed by atoms with Crippen LogP contribution in [-0.4, -0.2) is 95.3 Å². The van der Waals surface area contributed by atoms with Gasteiger partial charge >= 0.3 is 6.09 Å². The van der Waals surface area contributed by atoms with E-state index in [4.69, 9.17) is 9.47 Å². The summed E-state index contributed by atoms with van der Waals surface area (Å²) in [7, 11) is 0. The molecule has 9 heteroatoms. The van der Waals surface area contributed by atoms with E-state index in [1.807, 2.05) is 54.5 Å². The van der Waals surface area contributed by atoms with E-state index < -0.39 is 5.60 Å².